The van der Waals surface area contributed by atoms with Crippen LogP contribution < -0.4 is 11.1 Å². The van der Waals surface area contributed by atoms with Crippen molar-refractivity contribution in [1.29, 1.82) is 0 Å². The largest absolute Gasteiger partial charge is 0.325 e. The Morgan fingerprint density at radius 3 is 2.93 bits per heavy atom. The molecule has 3 nitrogen and oxygen atoms in total. The van der Waals surface area contributed by atoms with Gasteiger partial charge in [0, 0.05) is 16.8 Å². The zero-order valence-electron chi connectivity index (χ0n) is 7.80. The van der Waals surface area contributed by atoms with E-state index in [4.69, 9.17) is 17.3 Å². The van der Waals surface area contributed by atoms with Crippen LogP contribution in [0.5, 0.6) is 0 Å². The topological polar surface area (TPSA) is 55.1 Å². The van der Waals surface area contributed by atoms with Crippen LogP contribution in [-0.2, 0) is 11.2 Å². The Labute approximate surface area is 87.2 Å². The minimum atomic E-state index is -0.108. The third-order valence-corrected chi connectivity index (χ3v) is 2.67. The summed E-state index contributed by atoms with van der Waals surface area (Å²) < 4.78 is 0. The lowest BCUT2D eigenvalue weighted by Gasteiger charge is -2.10. The third-order valence-electron chi connectivity index (χ3n) is 2.34. The fraction of sp³-hybridized carbons (Fsp3) is 0.300. The van der Waals surface area contributed by atoms with Gasteiger partial charge in [-0.1, -0.05) is 17.7 Å². The van der Waals surface area contributed by atoms with Gasteiger partial charge < -0.3 is 11.1 Å². The summed E-state index contributed by atoms with van der Waals surface area (Å²) in [6.07, 6.45) is 0.423. The Hall–Kier alpha value is -1.06. The van der Waals surface area contributed by atoms with Gasteiger partial charge in [-0.05, 0) is 24.1 Å². The normalized spacial score (nSPS) is 16.4. The number of hydrogen-bond donors (Lipinski definition) is 2. The molecule has 1 aromatic rings. The second-order valence-electron chi connectivity index (χ2n) is 3.54. The fourth-order valence-corrected chi connectivity index (χ4v) is 1.95. The van der Waals surface area contributed by atoms with Crippen LogP contribution in [0, 0.1) is 0 Å². The first kappa shape index (κ1) is 9.49. The molecule has 1 heterocycles. The van der Waals surface area contributed by atoms with Gasteiger partial charge >= 0.3 is 0 Å². The van der Waals surface area contributed by atoms with Crippen LogP contribution in [0.2, 0.25) is 5.02 Å². The molecule has 0 saturated carbocycles. The summed E-state index contributed by atoms with van der Waals surface area (Å²) >= 11 is 6.02. The van der Waals surface area contributed by atoms with Gasteiger partial charge in [-0.15, -0.1) is 0 Å². The first-order valence-corrected chi connectivity index (χ1v) is 4.83. The van der Waals surface area contributed by atoms with Crippen LogP contribution in [0.25, 0.3) is 0 Å². The summed E-state index contributed by atoms with van der Waals surface area (Å²) in [5.74, 6) is 0.0119. The minimum absolute atomic E-state index is 0.0119. The number of benzene rings is 1. The quantitative estimate of drug-likeness (QED) is 0.744. The van der Waals surface area contributed by atoms with E-state index in [9.17, 15) is 4.79 Å². The molecule has 0 bridgehead atoms. The average molecular weight is 211 g/mol. The number of carbonyl (C=O) groups is 1. The number of halogens is 1. The van der Waals surface area contributed by atoms with Crippen LogP contribution >= 0.6 is 11.6 Å². The Morgan fingerprint density at radius 1 is 1.57 bits per heavy atom. The molecule has 0 aliphatic carbocycles. The van der Waals surface area contributed by atoms with E-state index in [-0.39, 0.29) is 11.9 Å². The molecule has 2 rings (SSSR count). The zero-order valence-corrected chi connectivity index (χ0v) is 8.56. The van der Waals surface area contributed by atoms with Crippen molar-refractivity contribution < 1.29 is 4.79 Å². The lowest BCUT2D eigenvalue weighted by molar-refractivity contribution is -0.115. The van der Waals surface area contributed by atoms with E-state index >= 15 is 0 Å². The number of rotatable bonds is 1. The van der Waals surface area contributed by atoms with Crippen molar-refractivity contribution in [3.8, 4) is 0 Å². The number of nitrogens with two attached hydrogens (primary N) is 1. The maximum Gasteiger partial charge on any atom is 0.228 e. The molecule has 0 radical (unpaired) electrons. The highest BCUT2D eigenvalue weighted by molar-refractivity contribution is 6.32. The van der Waals surface area contributed by atoms with E-state index in [1.807, 2.05) is 13.0 Å². The predicted octanol–water partition coefficient (Wildman–Crippen LogP) is 1.85. The number of fused-ring (bicyclic) bond motifs is 1. The summed E-state index contributed by atoms with van der Waals surface area (Å²) in [6, 6.07) is 3.56. The smallest absolute Gasteiger partial charge is 0.228 e. The van der Waals surface area contributed by atoms with Gasteiger partial charge in [0.25, 0.3) is 0 Å². The first-order valence-electron chi connectivity index (χ1n) is 4.45. The Morgan fingerprint density at radius 2 is 2.29 bits per heavy atom. The van der Waals surface area contributed by atoms with Crippen molar-refractivity contribution in [2.75, 3.05) is 5.32 Å². The highest BCUT2D eigenvalue weighted by atomic mass is 35.5. The second kappa shape index (κ2) is 3.26. The molecular weight excluding hydrogens is 200 g/mol. The van der Waals surface area contributed by atoms with Crippen LogP contribution in [0.15, 0.2) is 12.1 Å². The van der Waals surface area contributed by atoms with Gasteiger partial charge in [-0.2, -0.15) is 0 Å². The number of amides is 1. The fourth-order valence-electron chi connectivity index (χ4n) is 1.62. The molecule has 0 saturated heterocycles. The Kier molecular flexibility index (Phi) is 2.21. The number of anilines is 1. The van der Waals surface area contributed by atoms with Gasteiger partial charge in [-0.3, -0.25) is 4.79 Å². The number of nitrogens with one attached hydrogen (secondary N) is 1. The highest BCUT2D eigenvalue weighted by Crippen LogP contribution is 2.31. The molecule has 3 N–H and O–H groups in total. The van der Waals surface area contributed by atoms with Gasteiger partial charge in [0.2, 0.25) is 5.91 Å². The van der Waals surface area contributed by atoms with Crippen molar-refractivity contribution in [3.05, 3.63) is 28.3 Å². The molecule has 1 amide bonds. The zero-order chi connectivity index (χ0) is 10.3. The summed E-state index contributed by atoms with van der Waals surface area (Å²) in [5, 5.41) is 3.35. The van der Waals surface area contributed by atoms with E-state index < -0.39 is 0 Å². The van der Waals surface area contributed by atoms with Gasteiger partial charge in [0.05, 0.1) is 6.42 Å². The molecule has 0 spiro atoms. The second-order valence-corrected chi connectivity index (χ2v) is 3.95. The Balaban J connectivity index is 2.50. The van der Waals surface area contributed by atoms with Crippen molar-refractivity contribution in [3.63, 3.8) is 0 Å². The Bertz CT molecular complexity index is 401. The molecule has 1 aromatic carbocycles. The van der Waals surface area contributed by atoms with Crippen LogP contribution in [-0.4, -0.2) is 5.91 Å². The van der Waals surface area contributed by atoms with E-state index in [2.05, 4.69) is 5.32 Å². The first-order chi connectivity index (χ1) is 6.58. The van der Waals surface area contributed by atoms with Gasteiger partial charge in [-0.25, -0.2) is 0 Å². The standard InChI is InChI=1S/C10H11ClN2O/c1-5(12)7-2-6-3-10(14)13-9(6)4-8(7)11/h2,4-5H,3,12H2,1H3,(H,13,14)/t5-/m1/s1. The molecule has 1 atom stereocenters. The van der Waals surface area contributed by atoms with Crippen LogP contribution in [0.4, 0.5) is 5.69 Å². The van der Waals surface area contributed by atoms with E-state index in [1.54, 1.807) is 6.07 Å². The average Bonchev–Trinajstić information content (AvgIpc) is 2.42. The summed E-state index contributed by atoms with van der Waals surface area (Å²) in [5.41, 5.74) is 8.43. The van der Waals surface area contributed by atoms with E-state index in [0.29, 0.717) is 11.4 Å². The lowest BCUT2D eigenvalue weighted by Crippen LogP contribution is -2.06. The van der Waals surface area contributed by atoms with E-state index in [0.717, 1.165) is 16.8 Å². The molecular formula is C10H11ClN2O. The molecule has 1 aliphatic rings. The van der Waals surface area contributed by atoms with Crippen LogP contribution in [0.1, 0.15) is 24.1 Å². The summed E-state index contributed by atoms with van der Waals surface area (Å²) in [7, 11) is 0. The molecule has 0 unspecified atom stereocenters. The molecule has 4 heteroatoms. The monoisotopic (exact) mass is 210 g/mol. The van der Waals surface area contributed by atoms with Gasteiger partial charge in [0.15, 0.2) is 0 Å². The van der Waals surface area contributed by atoms with Crippen molar-refractivity contribution >= 4 is 23.2 Å². The van der Waals surface area contributed by atoms with Crippen molar-refractivity contribution in [2.24, 2.45) is 5.73 Å². The predicted molar refractivity (Wildman–Crippen MR) is 56.4 cm³/mol. The SMILES string of the molecule is C[C@@H](N)c1cc2c(cc1Cl)NC(=O)C2. The summed E-state index contributed by atoms with van der Waals surface area (Å²) in [4.78, 5) is 11.1. The number of hydrogen-bond acceptors (Lipinski definition) is 2. The van der Waals surface area contributed by atoms with Crippen molar-refractivity contribution in [1.82, 2.24) is 0 Å². The number of carbonyl (C=O) groups excluding carboxylic acids is 1. The molecule has 0 fully saturated rings. The maximum absolute atomic E-state index is 11.1. The summed E-state index contributed by atoms with van der Waals surface area (Å²) in [6.45, 7) is 1.87. The maximum atomic E-state index is 11.1. The third kappa shape index (κ3) is 1.49. The molecule has 1 aliphatic heterocycles. The molecule has 0 aromatic heterocycles. The van der Waals surface area contributed by atoms with Crippen LogP contribution in [0.3, 0.4) is 0 Å². The van der Waals surface area contributed by atoms with Gasteiger partial charge in [0.1, 0.15) is 0 Å². The van der Waals surface area contributed by atoms with Crippen molar-refractivity contribution in [2.45, 2.75) is 19.4 Å². The minimum Gasteiger partial charge on any atom is -0.325 e. The highest BCUT2D eigenvalue weighted by Gasteiger charge is 2.20. The van der Waals surface area contributed by atoms with E-state index in [1.165, 1.54) is 0 Å². The lowest BCUT2D eigenvalue weighted by atomic mass is 10.0. The molecule has 74 valence electrons. The molecule has 14 heavy (non-hydrogen) atoms.